The Morgan fingerprint density at radius 3 is 2.38 bits per heavy atom. The topological polar surface area (TPSA) is 38.5 Å². The molecule has 0 saturated heterocycles. The first kappa shape index (κ1) is 16.1. The van der Waals surface area contributed by atoms with Crippen molar-refractivity contribution in [1.29, 1.82) is 0 Å². The van der Waals surface area contributed by atoms with Crippen molar-refractivity contribution in [3.63, 3.8) is 0 Å². The maximum absolute atomic E-state index is 12.1. The highest BCUT2D eigenvalue weighted by Crippen LogP contribution is 2.25. The average molecular weight is 302 g/mol. The highest BCUT2D eigenvalue weighted by atomic mass is 19.4. The lowest BCUT2D eigenvalue weighted by molar-refractivity contribution is -0.274. The van der Waals surface area contributed by atoms with E-state index in [1.807, 2.05) is 7.05 Å². The first-order valence-electron chi connectivity index (χ1n) is 7.15. The maximum atomic E-state index is 12.1. The van der Waals surface area contributed by atoms with Gasteiger partial charge in [0.1, 0.15) is 5.75 Å². The summed E-state index contributed by atoms with van der Waals surface area (Å²) >= 11 is 0. The van der Waals surface area contributed by atoms with E-state index in [9.17, 15) is 13.2 Å². The molecule has 2 unspecified atom stereocenters. The third-order valence-corrected chi connectivity index (χ3v) is 3.94. The van der Waals surface area contributed by atoms with E-state index >= 15 is 0 Å². The molecule has 1 saturated carbocycles. The number of hydrogen-bond donors (Lipinski definition) is 1. The summed E-state index contributed by atoms with van der Waals surface area (Å²) in [5.41, 5.74) is 7.09. The van der Waals surface area contributed by atoms with Crippen LogP contribution in [0.2, 0.25) is 0 Å². The highest BCUT2D eigenvalue weighted by molar-refractivity contribution is 5.27. The summed E-state index contributed by atoms with van der Waals surface area (Å²) in [4.78, 5) is 2.18. The van der Waals surface area contributed by atoms with Crippen LogP contribution in [0.4, 0.5) is 13.2 Å². The van der Waals surface area contributed by atoms with Crippen LogP contribution in [0.1, 0.15) is 31.2 Å². The van der Waals surface area contributed by atoms with Gasteiger partial charge < -0.3 is 10.5 Å². The molecule has 2 N–H and O–H groups in total. The predicted octanol–water partition coefficient (Wildman–Crippen LogP) is 3.29. The molecule has 1 aliphatic carbocycles. The van der Waals surface area contributed by atoms with E-state index < -0.39 is 6.36 Å². The zero-order valence-corrected chi connectivity index (χ0v) is 12.1. The molecule has 0 heterocycles. The molecule has 6 heteroatoms. The number of rotatable bonds is 4. The van der Waals surface area contributed by atoms with Crippen LogP contribution in [0.3, 0.4) is 0 Å². The second-order valence-corrected chi connectivity index (χ2v) is 5.62. The van der Waals surface area contributed by atoms with E-state index in [0.717, 1.165) is 18.4 Å². The smallest absolute Gasteiger partial charge is 0.406 e. The van der Waals surface area contributed by atoms with Gasteiger partial charge in [0.2, 0.25) is 0 Å². The summed E-state index contributed by atoms with van der Waals surface area (Å²) in [6.45, 7) is 0.671. The van der Waals surface area contributed by atoms with Crippen LogP contribution in [0.25, 0.3) is 0 Å². The van der Waals surface area contributed by atoms with Crippen molar-refractivity contribution in [2.75, 3.05) is 7.05 Å². The molecule has 0 spiro atoms. The Balaban J connectivity index is 1.93. The van der Waals surface area contributed by atoms with Crippen LogP contribution in [-0.4, -0.2) is 30.4 Å². The number of nitrogens with two attached hydrogens (primary N) is 1. The van der Waals surface area contributed by atoms with Crippen molar-refractivity contribution < 1.29 is 17.9 Å². The van der Waals surface area contributed by atoms with Gasteiger partial charge >= 0.3 is 6.36 Å². The van der Waals surface area contributed by atoms with Gasteiger partial charge in [0, 0.05) is 18.6 Å². The molecule has 118 valence electrons. The first-order valence-corrected chi connectivity index (χ1v) is 7.15. The molecule has 1 fully saturated rings. The maximum Gasteiger partial charge on any atom is 0.573 e. The Morgan fingerprint density at radius 2 is 1.81 bits per heavy atom. The molecule has 0 amide bonds. The molecule has 1 aromatic rings. The number of likely N-dealkylation sites (N-methyl/N-ethyl adjacent to an activating group) is 1. The second kappa shape index (κ2) is 6.66. The molecule has 1 aliphatic rings. The lowest BCUT2D eigenvalue weighted by Crippen LogP contribution is -2.47. The fraction of sp³-hybridized carbons (Fsp3) is 0.600. The highest BCUT2D eigenvalue weighted by Gasteiger charge is 2.31. The van der Waals surface area contributed by atoms with Gasteiger partial charge in [0.15, 0.2) is 0 Å². The number of alkyl halides is 3. The van der Waals surface area contributed by atoms with Gasteiger partial charge in [-0.05, 0) is 37.6 Å². The quantitative estimate of drug-likeness (QED) is 0.927. The van der Waals surface area contributed by atoms with Gasteiger partial charge in [0.05, 0.1) is 0 Å². The van der Waals surface area contributed by atoms with E-state index in [-0.39, 0.29) is 11.8 Å². The van der Waals surface area contributed by atoms with E-state index in [2.05, 4.69) is 9.64 Å². The van der Waals surface area contributed by atoms with Crippen LogP contribution in [-0.2, 0) is 6.54 Å². The molecule has 0 radical (unpaired) electrons. The molecule has 2 rings (SSSR count). The normalized spacial score (nSPS) is 23.3. The molecule has 21 heavy (non-hydrogen) atoms. The fourth-order valence-electron chi connectivity index (χ4n) is 2.89. The summed E-state index contributed by atoms with van der Waals surface area (Å²) in [7, 11) is 2.01. The van der Waals surface area contributed by atoms with Gasteiger partial charge in [-0.1, -0.05) is 25.0 Å². The molecule has 1 aromatic carbocycles. The Hall–Kier alpha value is -1.27. The van der Waals surface area contributed by atoms with Crippen molar-refractivity contribution in [3.8, 4) is 5.75 Å². The SMILES string of the molecule is CN(Cc1ccc(OC(F)(F)F)cc1)C1CCCCC1N. The first-order chi connectivity index (χ1) is 9.85. The Bertz CT molecular complexity index is 447. The van der Waals surface area contributed by atoms with Gasteiger partial charge in [-0.2, -0.15) is 0 Å². The van der Waals surface area contributed by atoms with Crippen molar-refractivity contribution in [1.82, 2.24) is 4.90 Å². The Labute approximate surface area is 122 Å². The van der Waals surface area contributed by atoms with Crippen molar-refractivity contribution in [3.05, 3.63) is 29.8 Å². The fourth-order valence-corrected chi connectivity index (χ4v) is 2.89. The van der Waals surface area contributed by atoms with Crippen LogP contribution in [0.15, 0.2) is 24.3 Å². The van der Waals surface area contributed by atoms with Crippen LogP contribution in [0, 0.1) is 0 Å². The third kappa shape index (κ3) is 4.89. The lowest BCUT2D eigenvalue weighted by atomic mass is 9.90. The van der Waals surface area contributed by atoms with Crippen LogP contribution < -0.4 is 10.5 Å². The van der Waals surface area contributed by atoms with Gasteiger partial charge in [0.25, 0.3) is 0 Å². The molecule has 0 aromatic heterocycles. The molecular weight excluding hydrogens is 281 g/mol. The zero-order valence-electron chi connectivity index (χ0n) is 12.1. The Kier molecular flexibility index (Phi) is 5.11. The lowest BCUT2D eigenvalue weighted by Gasteiger charge is -2.36. The van der Waals surface area contributed by atoms with E-state index in [1.165, 1.54) is 25.0 Å². The standard InChI is InChI=1S/C15H21F3N2O/c1-20(14-5-3-2-4-13(14)19)10-11-6-8-12(9-7-11)21-15(16,17)18/h6-9,13-14H,2-5,10,19H2,1H3. The van der Waals surface area contributed by atoms with E-state index in [1.54, 1.807) is 12.1 Å². The average Bonchev–Trinajstić information content (AvgIpc) is 2.40. The second-order valence-electron chi connectivity index (χ2n) is 5.62. The zero-order chi connectivity index (χ0) is 15.5. The van der Waals surface area contributed by atoms with E-state index in [4.69, 9.17) is 5.73 Å². The summed E-state index contributed by atoms with van der Waals surface area (Å²) in [6.07, 6.45) is -0.177. The van der Waals surface area contributed by atoms with Crippen molar-refractivity contribution in [2.24, 2.45) is 5.73 Å². The largest absolute Gasteiger partial charge is 0.573 e. The molecule has 3 nitrogen and oxygen atoms in total. The number of benzene rings is 1. The molecule has 2 atom stereocenters. The van der Waals surface area contributed by atoms with Crippen LogP contribution >= 0.6 is 0 Å². The Morgan fingerprint density at radius 1 is 1.19 bits per heavy atom. The van der Waals surface area contributed by atoms with Gasteiger partial charge in [-0.3, -0.25) is 4.90 Å². The minimum atomic E-state index is -4.65. The summed E-state index contributed by atoms with van der Waals surface area (Å²) in [5, 5.41) is 0. The number of halogens is 3. The predicted molar refractivity (Wildman–Crippen MR) is 74.8 cm³/mol. The van der Waals surface area contributed by atoms with Crippen LogP contribution in [0.5, 0.6) is 5.75 Å². The summed E-state index contributed by atoms with van der Waals surface area (Å²) in [6, 6.07) is 6.52. The third-order valence-electron chi connectivity index (χ3n) is 3.94. The van der Waals surface area contributed by atoms with Gasteiger partial charge in [-0.15, -0.1) is 13.2 Å². The molecule has 0 bridgehead atoms. The summed E-state index contributed by atoms with van der Waals surface area (Å²) < 4.78 is 40.1. The van der Waals surface area contributed by atoms with Crippen molar-refractivity contribution >= 4 is 0 Å². The molecular formula is C15H21F3N2O. The number of nitrogens with zero attached hydrogens (tertiary/aromatic N) is 1. The minimum absolute atomic E-state index is 0.177. The van der Waals surface area contributed by atoms with Gasteiger partial charge in [-0.25, -0.2) is 0 Å². The molecule has 0 aliphatic heterocycles. The van der Waals surface area contributed by atoms with E-state index in [0.29, 0.717) is 12.6 Å². The minimum Gasteiger partial charge on any atom is -0.406 e. The summed E-state index contributed by atoms with van der Waals surface area (Å²) in [5.74, 6) is -0.191. The number of hydrogen-bond acceptors (Lipinski definition) is 3. The van der Waals surface area contributed by atoms with Crippen molar-refractivity contribution in [2.45, 2.75) is 50.7 Å². The monoisotopic (exact) mass is 302 g/mol. The number of ether oxygens (including phenoxy) is 1.